The van der Waals surface area contributed by atoms with Gasteiger partial charge in [0.05, 0.1) is 0 Å². The molecule has 0 amide bonds. The predicted molar refractivity (Wildman–Crippen MR) is 89.9 cm³/mol. The minimum atomic E-state index is -2.71. The van der Waals surface area contributed by atoms with Crippen molar-refractivity contribution in [3.63, 3.8) is 0 Å². The molecule has 0 atom stereocenters. The van der Waals surface area contributed by atoms with Crippen molar-refractivity contribution in [2.75, 3.05) is 0 Å². The molecule has 0 aromatic carbocycles. The summed E-state index contributed by atoms with van der Waals surface area (Å²) >= 11 is -2.71. The predicted octanol–water partition coefficient (Wildman–Crippen LogP) is 3.61. The van der Waals surface area contributed by atoms with Crippen LogP contribution in [-0.2, 0) is 0 Å². The van der Waals surface area contributed by atoms with Gasteiger partial charge in [-0.1, -0.05) is 0 Å². The maximum Gasteiger partial charge on any atom is 1.00 e. The monoisotopic (exact) mass is 407 g/mol. The molecule has 0 spiro atoms. The van der Waals surface area contributed by atoms with E-state index in [9.17, 15) is 0 Å². The molecule has 0 bridgehead atoms. The first-order valence-corrected chi connectivity index (χ1v) is 15.9. The molecule has 0 unspecified atom stereocenters. The third kappa shape index (κ3) is 3.95. The summed E-state index contributed by atoms with van der Waals surface area (Å²) in [6.07, 6.45) is 6.44. The summed E-state index contributed by atoms with van der Waals surface area (Å²) in [6.45, 7) is 23.9. The van der Waals surface area contributed by atoms with E-state index in [2.05, 4.69) is 72.6 Å². The Kier molecular flexibility index (Phi) is 8.75. The molecular weight excluding hydrogens is 379 g/mol. The van der Waals surface area contributed by atoms with E-state index in [4.69, 9.17) is 0 Å². The number of allylic oxidation sites excluding steroid dienone is 7. The van der Waals surface area contributed by atoms with Crippen molar-refractivity contribution in [2.45, 2.75) is 40.8 Å². The van der Waals surface area contributed by atoms with Crippen LogP contribution in [0.1, 0.15) is 34.6 Å². The van der Waals surface area contributed by atoms with Crippen LogP contribution in [0.15, 0.2) is 55.9 Å². The van der Waals surface area contributed by atoms with Gasteiger partial charge in [0.15, 0.2) is 0 Å². The van der Waals surface area contributed by atoms with Crippen molar-refractivity contribution in [2.24, 2.45) is 5.41 Å². The topological polar surface area (TPSA) is 0 Å². The van der Waals surface area contributed by atoms with Crippen LogP contribution in [0.2, 0.25) is 6.21 Å². The van der Waals surface area contributed by atoms with Crippen LogP contribution in [0.4, 0.5) is 0 Å². The van der Waals surface area contributed by atoms with Gasteiger partial charge in [-0.25, -0.2) is 0 Å². The van der Waals surface area contributed by atoms with Gasteiger partial charge in [-0.3, -0.25) is 0 Å². The average molecular weight is 410 g/mol. The fraction of sp³-hybridized carbons (Fsp3) is 0.474. The third-order valence-corrected chi connectivity index (χ3v) is 22.1. The molecule has 0 radical (unpaired) electrons. The fourth-order valence-electron chi connectivity index (χ4n) is 4.04. The SMILES string of the molecule is C=C[CH2][Nd-]([CH2]C=C)([CH2]C=C)[C]1=C(C)C(C)=C(C)C1(C)C.[Li+]. The second-order valence-electron chi connectivity index (χ2n) is 6.63. The van der Waals surface area contributed by atoms with Crippen molar-refractivity contribution in [3.05, 3.63) is 55.9 Å². The van der Waals surface area contributed by atoms with Gasteiger partial charge in [-0.05, 0) is 0 Å². The Bertz CT molecular complexity index is 465. The first kappa shape index (κ1) is 21.6. The van der Waals surface area contributed by atoms with E-state index in [1.807, 2.05) is 0 Å². The molecule has 0 aromatic heterocycles. The van der Waals surface area contributed by atoms with Gasteiger partial charge < -0.3 is 0 Å². The second kappa shape index (κ2) is 8.49. The van der Waals surface area contributed by atoms with E-state index in [1.54, 1.807) is 12.4 Å². The molecule has 0 saturated heterocycles. The van der Waals surface area contributed by atoms with Crippen molar-refractivity contribution >= 4 is 0 Å². The normalized spacial score (nSPS) is 17.6. The minimum absolute atomic E-state index is 0. The summed E-state index contributed by atoms with van der Waals surface area (Å²) in [5.41, 5.74) is 4.82. The number of rotatable bonds is 7. The maximum absolute atomic E-state index is 4.04. The smallest absolute Gasteiger partial charge is 1.00 e. The van der Waals surface area contributed by atoms with Crippen molar-refractivity contribution in [1.82, 2.24) is 0 Å². The van der Waals surface area contributed by atoms with Crippen LogP contribution in [0.3, 0.4) is 0 Å². The van der Waals surface area contributed by atoms with Gasteiger partial charge in [0.2, 0.25) is 0 Å². The van der Waals surface area contributed by atoms with Crippen molar-refractivity contribution in [3.8, 4) is 0 Å². The molecule has 21 heavy (non-hydrogen) atoms. The molecule has 0 saturated carbocycles. The third-order valence-electron chi connectivity index (χ3n) is 5.20. The van der Waals surface area contributed by atoms with Gasteiger partial charge in [-0.2, -0.15) is 0 Å². The van der Waals surface area contributed by atoms with Crippen LogP contribution in [0, 0.1) is 38.0 Å². The van der Waals surface area contributed by atoms with E-state index in [-0.39, 0.29) is 24.3 Å². The van der Waals surface area contributed by atoms with E-state index in [1.165, 1.54) is 11.8 Å². The summed E-state index contributed by atoms with van der Waals surface area (Å²) < 4.78 is 5.37. The quantitative estimate of drug-likeness (QED) is 0.445. The number of hydrogen-bond acceptors (Lipinski definition) is 0. The van der Waals surface area contributed by atoms with Gasteiger partial charge in [0, 0.05) is 0 Å². The Labute approximate surface area is 152 Å². The standard InChI is InChI=1S/C10H15.3C3H5.Li.Nd/c1-7-6-10(4,5)9(3)8(7)2;3*1-3-2;;/h1-5H3;3*3H,1-2H2;;/q;;;;+1;-1. The second-order valence-corrected chi connectivity index (χ2v) is 20.4. The van der Waals surface area contributed by atoms with E-state index in [0.29, 0.717) is 0 Å². The molecule has 2 heteroatoms. The molecule has 111 valence electrons. The Morgan fingerprint density at radius 1 is 0.857 bits per heavy atom. The minimum Gasteiger partial charge on any atom is 1.00 e. The zero-order valence-corrected chi connectivity index (χ0v) is 18.2. The van der Waals surface area contributed by atoms with E-state index >= 15 is 0 Å². The largest absolute Gasteiger partial charge is 1.00 e. The Morgan fingerprint density at radius 2 is 1.24 bits per heavy atom. The zero-order chi connectivity index (χ0) is 15.6. The molecule has 1 rings (SSSR count). The summed E-state index contributed by atoms with van der Waals surface area (Å²) in [7, 11) is 0. The first-order valence-electron chi connectivity index (χ1n) is 7.51. The van der Waals surface area contributed by atoms with Gasteiger partial charge >= 0.3 is 154 Å². The zero-order valence-electron chi connectivity index (χ0n) is 15.0. The molecular formula is C19H30LiNd. The van der Waals surface area contributed by atoms with Crippen LogP contribution in [0.25, 0.3) is 0 Å². The van der Waals surface area contributed by atoms with Gasteiger partial charge in [0.25, 0.3) is 0 Å². The van der Waals surface area contributed by atoms with Crippen LogP contribution in [0.5, 0.6) is 0 Å². The van der Waals surface area contributed by atoms with Crippen LogP contribution >= 0.6 is 0 Å². The Balaban J connectivity index is 0.00000400. The number of hydrogen-bond donors (Lipinski definition) is 0. The molecule has 0 fully saturated rings. The Morgan fingerprint density at radius 3 is 1.48 bits per heavy atom. The Hall–Kier alpha value is 0.648. The van der Waals surface area contributed by atoms with Crippen LogP contribution < -0.4 is 18.9 Å². The summed E-state index contributed by atoms with van der Waals surface area (Å²) in [5, 5.41) is 0. The summed E-state index contributed by atoms with van der Waals surface area (Å²) in [6, 6.07) is 0. The van der Waals surface area contributed by atoms with E-state index in [0.717, 1.165) is 0 Å². The molecule has 1 aliphatic carbocycles. The fourth-order valence-corrected chi connectivity index (χ4v) is 20.9. The first-order chi connectivity index (χ1) is 9.28. The van der Waals surface area contributed by atoms with E-state index < -0.39 is 32.6 Å². The average Bonchev–Trinajstić information content (AvgIpc) is 2.51. The van der Waals surface area contributed by atoms with Crippen molar-refractivity contribution in [1.29, 1.82) is 0 Å². The molecule has 0 aliphatic heterocycles. The molecule has 0 N–H and O–H groups in total. The summed E-state index contributed by atoms with van der Waals surface area (Å²) in [4.78, 5) is 0. The van der Waals surface area contributed by atoms with Crippen LogP contribution in [-0.4, -0.2) is 0 Å². The summed E-state index contributed by atoms with van der Waals surface area (Å²) in [5.74, 6) is 0. The maximum atomic E-state index is 4.04. The molecule has 0 nitrogen and oxygen atoms in total. The molecule has 1 aliphatic rings. The van der Waals surface area contributed by atoms with Gasteiger partial charge in [-0.15, -0.1) is 0 Å². The van der Waals surface area contributed by atoms with Crippen molar-refractivity contribution < 1.29 is 51.4 Å². The van der Waals surface area contributed by atoms with Gasteiger partial charge in [0.1, 0.15) is 0 Å². The molecule has 0 aromatic rings. The molecule has 0 heterocycles.